The molecule has 0 aliphatic carbocycles. The molecule has 0 spiro atoms. The summed E-state index contributed by atoms with van der Waals surface area (Å²) in [5, 5.41) is 4.03. The molecule has 0 bridgehead atoms. The molecule has 0 aliphatic rings. The number of anilines is 1. The maximum absolute atomic E-state index is 13.7. The van der Waals surface area contributed by atoms with Crippen LogP contribution in [0.15, 0.2) is 42.5 Å². The van der Waals surface area contributed by atoms with Gasteiger partial charge in [0.25, 0.3) is 0 Å². The van der Waals surface area contributed by atoms with Gasteiger partial charge in [-0.2, -0.15) is 0 Å². The summed E-state index contributed by atoms with van der Waals surface area (Å²) in [7, 11) is -4.94. The van der Waals surface area contributed by atoms with Gasteiger partial charge < -0.3 is 14.4 Å². The summed E-state index contributed by atoms with van der Waals surface area (Å²) < 4.78 is 25.0. The summed E-state index contributed by atoms with van der Waals surface area (Å²) in [6.07, 6.45) is 0. The van der Waals surface area contributed by atoms with Crippen molar-refractivity contribution in [3.63, 3.8) is 0 Å². The Labute approximate surface area is 186 Å². The van der Waals surface area contributed by atoms with E-state index in [0.717, 1.165) is 22.4 Å². The van der Waals surface area contributed by atoms with Crippen LogP contribution in [0.1, 0.15) is 36.3 Å². The minimum atomic E-state index is -3.48. The zero-order valence-corrected chi connectivity index (χ0v) is 21.2. The number of hydrogen-bond acceptors (Lipinski definition) is 4. The average molecular weight is 464 g/mol. The van der Waals surface area contributed by atoms with Gasteiger partial charge in [0.15, 0.2) is 5.78 Å². The molecule has 1 atom stereocenters. The van der Waals surface area contributed by atoms with E-state index in [1.54, 1.807) is 6.07 Å². The highest BCUT2D eigenvalue weighted by atomic mass is 35.5. The van der Waals surface area contributed by atoms with Crippen molar-refractivity contribution in [2.24, 2.45) is 0 Å². The first kappa shape index (κ1) is 24.7. The first-order chi connectivity index (χ1) is 14.1. The zero-order valence-electron chi connectivity index (χ0n) is 18.6. The molecule has 7 heteroatoms. The van der Waals surface area contributed by atoms with Gasteiger partial charge in [0.05, 0.1) is 13.2 Å². The molecule has 2 rings (SSSR count). The maximum Gasteiger partial charge on any atom is 0.357 e. The molecule has 0 unspecified atom stereocenters. The van der Waals surface area contributed by atoms with Crippen LogP contribution in [0.4, 0.5) is 5.69 Å². The molecule has 4 nitrogen and oxygen atoms in total. The molecule has 0 fully saturated rings. The maximum atomic E-state index is 13.7. The Hall–Kier alpha value is -1.54. The van der Waals surface area contributed by atoms with Crippen LogP contribution in [0.25, 0.3) is 0 Å². The van der Waals surface area contributed by atoms with Crippen LogP contribution in [0.3, 0.4) is 0 Å². The van der Waals surface area contributed by atoms with Gasteiger partial charge in [0.2, 0.25) is 0 Å². The predicted octanol–water partition coefficient (Wildman–Crippen LogP) is 7.25. The van der Waals surface area contributed by atoms with Crippen LogP contribution in [0.5, 0.6) is 0 Å². The van der Waals surface area contributed by atoms with Crippen LogP contribution in [0, 0.1) is 18.4 Å². The van der Waals surface area contributed by atoms with Crippen LogP contribution in [-0.4, -0.2) is 21.3 Å². The lowest BCUT2D eigenvalue weighted by Crippen LogP contribution is -2.16. The second kappa shape index (κ2) is 10.7. The lowest BCUT2D eigenvalue weighted by atomic mass is 10.1. The smallest absolute Gasteiger partial charge is 0.357 e. The highest BCUT2D eigenvalue weighted by molar-refractivity contribution is 7.54. The Morgan fingerprint density at radius 3 is 2.17 bits per heavy atom. The molecule has 162 valence electrons. The molecule has 0 aromatic heterocycles. The Balaban J connectivity index is 2.46. The lowest BCUT2D eigenvalue weighted by Gasteiger charge is -2.29. The summed E-state index contributed by atoms with van der Waals surface area (Å²) in [6, 6.07) is 13.3. The summed E-state index contributed by atoms with van der Waals surface area (Å²) in [4.78, 5) is 0. The quantitative estimate of drug-likeness (QED) is 0.254. The number of hydrogen-bond donors (Lipinski definition) is 1. The fraction of sp³-hybridized carbons (Fsp3) is 0.391. The minimum Gasteiger partial charge on any atom is -0.368 e. The zero-order chi connectivity index (χ0) is 22.4. The number of halogens is 1. The first-order valence-corrected chi connectivity index (χ1v) is 15.6. The van der Waals surface area contributed by atoms with Gasteiger partial charge in [0.1, 0.15) is 8.07 Å². The monoisotopic (exact) mass is 463 g/mol. The standard InChI is InChI=1S/C23H31ClNO3PSi/c1-7-27-29(26,28-8-2)23(25-22-14-13-21(24)17-18(22)3)20-11-9-19(10-12-20)15-16-30(4,5)6/h9-14,17,23,25H,7-8H2,1-6H3/t23-/m0/s1. The molecule has 0 saturated heterocycles. The van der Waals surface area contributed by atoms with E-state index in [2.05, 4.69) is 36.4 Å². The van der Waals surface area contributed by atoms with Crippen LogP contribution >= 0.6 is 19.2 Å². The minimum absolute atomic E-state index is 0.287. The van der Waals surface area contributed by atoms with Crippen LogP contribution < -0.4 is 5.32 Å². The van der Waals surface area contributed by atoms with Crippen molar-refractivity contribution in [2.45, 2.75) is 46.2 Å². The molecular formula is C23H31ClNO3PSi. The summed E-state index contributed by atoms with van der Waals surface area (Å²) >= 11 is 6.10. The molecule has 0 saturated carbocycles. The van der Waals surface area contributed by atoms with Gasteiger partial charge in [-0.25, -0.2) is 0 Å². The van der Waals surface area contributed by atoms with Crippen molar-refractivity contribution in [3.05, 3.63) is 64.2 Å². The molecule has 2 aromatic rings. The Kier molecular flexibility index (Phi) is 8.79. The normalized spacial score (nSPS) is 12.8. The highest BCUT2D eigenvalue weighted by Gasteiger charge is 2.37. The topological polar surface area (TPSA) is 47.6 Å². The molecule has 0 radical (unpaired) electrons. The Morgan fingerprint density at radius 1 is 1.07 bits per heavy atom. The number of nitrogens with one attached hydrogen (secondary N) is 1. The van der Waals surface area contributed by atoms with E-state index in [1.165, 1.54) is 0 Å². The second-order valence-corrected chi connectivity index (χ2v) is 15.3. The van der Waals surface area contributed by atoms with Crippen molar-refractivity contribution in [2.75, 3.05) is 18.5 Å². The van der Waals surface area contributed by atoms with Gasteiger partial charge in [-0.15, -0.1) is 5.54 Å². The van der Waals surface area contributed by atoms with E-state index in [9.17, 15) is 4.57 Å². The molecule has 0 amide bonds. The number of aryl methyl sites for hydroxylation is 1. The van der Waals surface area contributed by atoms with Crippen molar-refractivity contribution < 1.29 is 13.6 Å². The Morgan fingerprint density at radius 2 is 1.67 bits per heavy atom. The molecule has 1 N–H and O–H groups in total. The van der Waals surface area contributed by atoms with Gasteiger partial charge in [-0.3, -0.25) is 4.57 Å². The average Bonchev–Trinajstić information content (AvgIpc) is 2.66. The van der Waals surface area contributed by atoms with Gasteiger partial charge in [0, 0.05) is 16.3 Å². The van der Waals surface area contributed by atoms with Crippen molar-refractivity contribution >= 4 is 33.0 Å². The summed E-state index contributed by atoms with van der Waals surface area (Å²) in [6.45, 7) is 12.8. The highest BCUT2D eigenvalue weighted by Crippen LogP contribution is 2.60. The van der Waals surface area contributed by atoms with E-state index in [1.807, 2.05) is 57.2 Å². The molecule has 0 heterocycles. The van der Waals surface area contributed by atoms with Crippen LogP contribution in [-0.2, 0) is 13.6 Å². The van der Waals surface area contributed by atoms with Crippen molar-refractivity contribution in [3.8, 4) is 11.5 Å². The number of rotatable bonds is 8. The molecule has 2 aromatic carbocycles. The van der Waals surface area contributed by atoms with Crippen molar-refractivity contribution in [1.82, 2.24) is 0 Å². The van der Waals surface area contributed by atoms with E-state index < -0.39 is 21.5 Å². The summed E-state index contributed by atoms with van der Waals surface area (Å²) in [5.41, 5.74) is 6.89. The molecular weight excluding hydrogens is 433 g/mol. The number of benzene rings is 2. The van der Waals surface area contributed by atoms with Crippen molar-refractivity contribution in [1.29, 1.82) is 0 Å². The third kappa shape index (κ3) is 7.01. The predicted molar refractivity (Wildman–Crippen MR) is 130 cm³/mol. The van der Waals surface area contributed by atoms with Gasteiger partial charge >= 0.3 is 7.60 Å². The lowest BCUT2D eigenvalue weighted by molar-refractivity contribution is 0.214. The third-order valence-electron chi connectivity index (χ3n) is 4.22. The SMILES string of the molecule is CCOP(=O)(OCC)[C@H](Nc1ccc(Cl)cc1C)c1ccc(C#C[Si](C)(C)C)cc1. The Bertz CT molecular complexity index is 951. The summed E-state index contributed by atoms with van der Waals surface area (Å²) in [5.74, 6) is 2.59. The fourth-order valence-corrected chi connectivity index (χ4v) is 5.51. The third-order valence-corrected chi connectivity index (χ3v) is 7.63. The second-order valence-electron chi connectivity index (χ2n) is 8.00. The molecule has 30 heavy (non-hydrogen) atoms. The van der Waals surface area contributed by atoms with Crippen LogP contribution in [0.2, 0.25) is 24.7 Å². The van der Waals surface area contributed by atoms with E-state index in [-0.39, 0.29) is 13.2 Å². The first-order valence-electron chi connectivity index (χ1n) is 10.1. The largest absolute Gasteiger partial charge is 0.368 e. The van der Waals surface area contributed by atoms with E-state index in [4.69, 9.17) is 20.6 Å². The van der Waals surface area contributed by atoms with Gasteiger partial charge in [-0.1, -0.05) is 49.3 Å². The van der Waals surface area contributed by atoms with Gasteiger partial charge in [-0.05, 0) is 62.2 Å². The fourth-order valence-electron chi connectivity index (χ4n) is 2.84. The van der Waals surface area contributed by atoms with E-state index >= 15 is 0 Å². The molecule has 0 aliphatic heterocycles. The van der Waals surface area contributed by atoms with E-state index in [0.29, 0.717) is 5.02 Å².